The van der Waals surface area contributed by atoms with Gasteiger partial charge in [-0.1, -0.05) is 31.2 Å². The molecule has 3 rings (SSSR count). The Labute approximate surface area is 137 Å². The standard InChI is InChI=1S/C19H23ClN2/c1-3-11-21-13(2)18-16-12-15(20)9-10-17(16)22-19(18)14-7-5-4-6-8-14/h7,9-10,12,21-22H,2-6,8,11H2,1H3. The smallest absolute Gasteiger partial charge is 0.0514 e. The lowest BCUT2D eigenvalue weighted by atomic mass is 9.94. The molecule has 0 aliphatic heterocycles. The monoisotopic (exact) mass is 314 g/mol. The Morgan fingerprint density at radius 1 is 1.36 bits per heavy atom. The molecule has 1 aliphatic carbocycles. The predicted octanol–water partition coefficient (Wildman–Crippen LogP) is 5.75. The first kappa shape index (κ1) is 15.2. The van der Waals surface area contributed by atoms with Gasteiger partial charge in [-0.25, -0.2) is 0 Å². The number of benzene rings is 1. The summed E-state index contributed by atoms with van der Waals surface area (Å²) in [7, 11) is 0. The van der Waals surface area contributed by atoms with Crippen LogP contribution >= 0.6 is 11.6 Å². The van der Waals surface area contributed by atoms with Crippen molar-refractivity contribution in [2.75, 3.05) is 6.54 Å². The van der Waals surface area contributed by atoms with Gasteiger partial charge in [0, 0.05) is 33.7 Å². The Hall–Kier alpha value is -1.67. The minimum Gasteiger partial charge on any atom is -0.385 e. The van der Waals surface area contributed by atoms with Crippen molar-refractivity contribution in [1.82, 2.24) is 10.3 Å². The number of halogens is 1. The molecule has 2 nitrogen and oxygen atoms in total. The number of fused-ring (bicyclic) bond motifs is 1. The fourth-order valence-electron chi connectivity index (χ4n) is 3.15. The summed E-state index contributed by atoms with van der Waals surface area (Å²) in [5, 5.41) is 5.36. The van der Waals surface area contributed by atoms with E-state index >= 15 is 0 Å². The zero-order valence-electron chi connectivity index (χ0n) is 13.1. The summed E-state index contributed by atoms with van der Waals surface area (Å²) >= 11 is 6.22. The molecule has 3 heteroatoms. The SMILES string of the molecule is C=C(NCCC)c1c(C2=CCCCC2)[nH]c2ccc(Cl)cc12. The van der Waals surface area contributed by atoms with Crippen LogP contribution in [0, 0.1) is 0 Å². The lowest BCUT2D eigenvalue weighted by molar-refractivity contribution is 0.740. The molecule has 0 saturated heterocycles. The van der Waals surface area contributed by atoms with E-state index in [4.69, 9.17) is 11.6 Å². The predicted molar refractivity (Wildman–Crippen MR) is 97.1 cm³/mol. The van der Waals surface area contributed by atoms with Crippen LogP contribution in [0.1, 0.15) is 50.3 Å². The molecular formula is C19H23ClN2. The first-order valence-corrected chi connectivity index (χ1v) is 8.52. The third-order valence-electron chi connectivity index (χ3n) is 4.26. The average molecular weight is 315 g/mol. The third-order valence-corrected chi connectivity index (χ3v) is 4.50. The number of hydrogen-bond acceptors (Lipinski definition) is 1. The van der Waals surface area contributed by atoms with Gasteiger partial charge in [0.15, 0.2) is 0 Å². The molecule has 0 amide bonds. The molecule has 1 aromatic heterocycles. The molecule has 116 valence electrons. The first-order valence-electron chi connectivity index (χ1n) is 8.14. The van der Waals surface area contributed by atoms with Crippen LogP contribution in [0.15, 0.2) is 30.9 Å². The molecule has 22 heavy (non-hydrogen) atoms. The molecule has 1 aliphatic rings. The number of aromatic amines is 1. The zero-order chi connectivity index (χ0) is 15.5. The largest absolute Gasteiger partial charge is 0.385 e. The maximum Gasteiger partial charge on any atom is 0.0514 e. The van der Waals surface area contributed by atoms with Crippen molar-refractivity contribution in [2.45, 2.75) is 39.0 Å². The van der Waals surface area contributed by atoms with E-state index in [9.17, 15) is 0 Å². The molecule has 0 bridgehead atoms. The highest BCUT2D eigenvalue weighted by Crippen LogP contribution is 2.36. The molecule has 2 aromatic rings. The van der Waals surface area contributed by atoms with E-state index in [0.29, 0.717) is 0 Å². The average Bonchev–Trinajstić information content (AvgIpc) is 2.92. The van der Waals surface area contributed by atoms with Gasteiger partial charge < -0.3 is 10.3 Å². The van der Waals surface area contributed by atoms with E-state index in [1.54, 1.807) is 0 Å². The molecule has 0 atom stereocenters. The van der Waals surface area contributed by atoms with Crippen LogP contribution in [-0.2, 0) is 0 Å². The molecule has 1 aromatic carbocycles. The van der Waals surface area contributed by atoms with Crippen molar-refractivity contribution in [2.24, 2.45) is 0 Å². The van der Waals surface area contributed by atoms with E-state index in [1.165, 1.54) is 36.1 Å². The van der Waals surface area contributed by atoms with Gasteiger partial charge in [-0.2, -0.15) is 0 Å². The maximum atomic E-state index is 6.22. The summed E-state index contributed by atoms with van der Waals surface area (Å²) in [6.45, 7) is 7.37. The fraction of sp³-hybridized carbons (Fsp3) is 0.368. The number of allylic oxidation sites excluding steroid dienone is 2. The minimum atomic E-state index is 0.764. The number of aromatic nitrogens is 1. The molecule has 0 radical (unpaired) electrons. The van der Waals surface area contributed by atoms with E-state index in [1.807, 2.05) is 12.1 Å². The first-order chi connectivity index (χ1) is 10.7. The highest BCUT2D eigenvalue weighted by atomic mass is 35.5. The van der Waals surface area contributed by atoms with Crippen molar-refractivity contribution in [3.05, 3.63) is 47.1 Å². The van der Waals surface area contributed by atoms with Gasteiger partial charge in [0.25, 0.3) is 0 Å². The second-order valence-corrected chi connectivity index (χ2v) is 6.38. The van der Waals surface area contributed by atoms with Crippen LogP contribution in [0.5, 0.6) is 0 Å². The van der Waals surface area contributed by atoms with Crippen molar-refractivity contribution < 1.29 is 0 Å². The Morgan fingerprint density at radius 3 is 2.95 bits per heavy atom. The van der Waals surface area contributed by atoms with Gasteiger partial charge in [0.05, 0.1) is 5.69 Å². The normalized spacial score (nSPS) is 14.9. The van der Waals surface area contributed by atoms with Gasteiger partial charge in [0.2, 0.25) is 0 Å². The summed E-state index contributed by atoms with van der Waals surface area (Å²) in [6, 6.07) is 6.03. The van der Waals surface area contributed by atoms with E-state index in [-0.39, 0.29) is 0 Å². The van der Waals surface area contributed by atoms with Crippen LogP contribution in [-0.4, -0.2) is 11.5 Å². The Kier molecular flexibility index (Phi) is 4.58. The van der Waals surface area contributed by atoms with Gasteiger partial charge in [-0.3, -0.25) is 0 Å². The lowest BCUT2D eigenvalue weighted by Crippen LogP contribution is -2.13. The number of hydrogen-bond donors (Lipinski definition) is 2. The van der Waals surface area contributed by atoms with Crippen LogP contribution < -0.4 is 5.32 Å². The maximum absolute atomic E-state index is 6.22. The van der Waals surface area contributed by atoms with E-state index < -0.39 is 0 Å². The Bertz CT molecular complexity index is 724. The van der Waals surface area contributed by atoms with Crippen LogP contribution in [0.4, 0.5) is 0 Å². The van der Waals surface area contributed by atoms with Gasteiger partial charge in [-0.15, -0.1) is 0 Å². The number of nitrogens with one attached hydrogen (secondary N) is 2. The highest BCUT2D eigenvalue weighted by Gasteiger charge is 2.18. The lowest BCUT2D eigenvalue weighted by Gasteiger charge is -2.15. The molecule has 1 heterocycles. The van der Waals surface area contributed by atoms with E-state index in [0.717, 1.165) is 41.0 Å². The Balaban J connectivity index is 2.13. The summed E-state index contributed by atoms with van der Waals surface area (Å²) in [5.41, 5.74) is 5.91. The van der Waals surface area contributed by atoms with Crippen LogP contribution in [0.25, 0.3) is 22.2 Å². The fourth-order valence-corrected chi connectivity index (χ4v) is 3.32. The zero-order valence-corrected chi connectivity index (χ0v) is 13.9. The summed E-state index contributed by atoms with van der Waals surface area (Å²) in [4.78, 5) is 3.59. The molecular weight excluding hydrogens is 292 g/mol. The summed E-state index contributed by atoms with van der Waals surface area (Å²) in [5.74, 6) is 0. The van der Waals surface area contributed by atoms with Gasteiger partial charge >= 0.3 is 0 Å². The highest BCUT2D eigenvalue weighted by molar-refractivity contribution is 6.31. The van der Waals surface area contributed by atoms with Crippen molar-refractivity contribution in [1.29, 1.82) is 0 Å². The topological polar surface area (TPSA) is 27.8 Å². The van der Waals surface area contributed by atoms with E-state index in [2.05, 4.69) is 35.9 Å². The molecule has 2 N–H and O–H groups in total. The quantitative estimate of drug-likeness (QED) is 0.722. The number of rotatable bonds is 5. The van der Waals surface area contributed by atoms with Crippen molar-refractivity contribution >= 4 is 33.8 Å². The van der Waals surface area contributed by atoms with Gasteiger partial charge in [0.1, 0.15) is 0 Å². The second kappa shape index (κ2) is 6.62. The number of H-pyrrole nitrogens is 1. The Morgan fingerprint density at radius 2 is 2.23 bits per heavy atom. The van der Waals surface area contributed by atoms with Crippen LogP contribution in [0.3, 0.4) is 0 Å². The summed E-state index contributed by atoms with van der Waals surface area (Å²) < 4.78 is 0. The van der Waals surface area contributed by atoms with Gasteiger partial charge in [-0.05, 0) is 55.9 Å². The molecule has 0 saturated carbocycles. The molecule has 0 fully saturated rings. The molecule has 0 unspecified atom stereocenters. The second-order valence-electron chi connectivity index (χ2n) is 5.95. The third kappa shape index (κ3) is 2.93. The summed E-state index contributed by atoms with van der Waals surface area (Å²) in [6.07, 6.45) is 8.30. The minimum absolute atomic E-state index is 0.764. The van der Waals surface area contributed by atoms with Crippen molar-refractivity contribution in [3.63, 3.8) is 0 Å². The van der Waals surface area contributed by atoms with Crippen molar-refractivity contribution in [3.8, 4) is 0 Å². The molecule has 0 spiro atoms. The van der Waals surface area contributed by atoms with Crippen LogP contribution in [0.2, 0.25) is 5.02 Å².